The van der Waals surface area contributed by atoms with Crippen LogP contribution in [0.15, 0.2) is 37.1 Å². The highest BCUT2D eigenvalue weighted by Gasteiger charge is 2.25. The number of aryl methyl sites for hydroxylation is 1. The van der Waals surface area contributed by atoms with E-state index in [1.165, 1.54) is 23.7 Å². The number of hydrogen-bond donors (Lipinski definition) is 2. The largest absolute Gasteiger partial charge is 0.462 e. The van der Waals surface area contributed by atoms with Crippen molar-refractivity contribution in [3.05, 3.63) is 48.3 Å². The summed E-state index contributed by atoms with van der Waals surface area (Å²) >= 11 is 12.4. The van der Waals surface area contributed by atoms with Crippen LogP contribution in [0.3, 0.4) is 0 Å². The van der Waals surface area contributed by atoms with E-state index >= 15 is 0 Å². The molecule has 11 nitrogen and oxygen atoms in total. The zero-order valence-corrected chi connectivity index (χ0v) is 22.4. The zero-order chi connectivity index (χ0) is 26.7. The molecule has 0 unspecified atom stereocenters. The molecule has 4 rings (SSSR count). The highest BCUT2D eigenvalue weighted by atomic mass is 35.5. The summed E-state index contributed by atoms with van der Waals surface area (Å²) in [6.45, 7) is 5.64. The number of hydrogen-bond acceptors (Lipinski definition) is 8. The van der Waals surface area contributed by atoms with Crippen molar-refractivity contribution in [1.29, 1.82) is 0 Å². The molecule has 0 aromatic carbocycles. The van der Waals surface area contributed by atoms with Gasteiger partial charge in [-0.05, 0) is 26.8 Å². The van der Waals surface area contributed by atoms with E-state index in [4.69, 9.17) is 27.9 Å². The third-order valence-electron chi connectivity index (χ3n) is 5.36. The zero-order valence-electron chi connectivity index (χ0n) is 20.1. The van der Waals surface area contributed by atoms with E-state index in [0.29, 0.717) is 27.5 Å². The fraction of sp³-hybridized carbons (Fsp3) is 0.304. The number of nitrogens with zero attached hydrogens (tertiary/aromatic N) is 5. The number of pyridine rings is 1. The molecule has 2 N–H and O–H groups in total. The molecule has 2 amide bonds. The lowest BCUT2D eigenvalue weighted by atomic mass is 10.1. The van der Waals surface area contributed by atoms with Crippen LogP contribution in [0.2, 0.25) is 0 Å². The van der Waals surface area contributed by atoms with E-state index in [1.807, 2.05) is 26.2 Å². The van der Waals surface area contributed by atoms with Crippen LogP contribution in [0, 0.1) is 6.92 Å². The smallest absolute Gasteiger partial charge is 0.320 e. The number of halogens is 2. The molecule has 0 saturated carbocycles. The van der Waals surface area contributed by atoms with Crippen molar-refractivity contribution < 1.29 is 19.1 Å². The summed E-state index contributed by atoms with van der Waals surface area (Å²) in [4.78, 5) is 41.8. The molecule has 0 fully saturated rings. The van der Waals surface area contributed by atoms with E-state index in [1.54, 1.807) is 28.4 Å². The predicted octanol–water partition coefficient (Wildman–Crippen LogP) is 3.91. The van der Waals surface area contributed by atoms with Crippen molar-refractivity contribution in [2.75, 3.05) is 29.0 Å². The van der Waals surface area contributed by atoms with Gasteiger partial charge in [0.1, 0.15) is 23.2 Å². The first-order valence-corrected chi connectivity index (χ1v) is 12.9. The minimum absolute atomic E-state index is 0.114. The van der Waals surface area contributed by atoms with Crippen LogP contribution in [0.25, 0.3) is 15.3 Å². The summed E-state index contributed by atoms with van der Waals surface area (Å²) in [5.41, 5.74) is 2.06. The molecule has 194 valence electrons. The number of carbonyl (C=O) groups excluding carboxylic acids is 3. The summed E-state index contributed by atoms with van der Waals surface area (Å²) in [5.74, 6) is -1.64. The molecule has 0 aliphatic heterocycles. The van der Waals surface area contributed by atoms with Gasteiger partial charge in [0.25, 0.3) is 5.91 Å². The van der Waals surface area contributed by atoms with Crippen LogP contribution in [-0.2, 0) is 19.9 Å². The molecule has 14 heteroatoms. The molecule has 0 atom stereocenters. The molecule has 0 radical (unpaired) electrons. The maximum absolute atomic E-state index is 13.1. The Hall–Kier alpha value is -3.48. The van der Waals surface area contributed by atoms with Crippen LogP contribution in [0.4, 0.5) is 11.4 Å². The maximum Gasteiger partial charge on any atom is 0.320 e. The normalized spacial score (nSPS) is 11.5. The molecule has 0 aliphatic rings. The number of rotatable bonds is 9. The fourth-order valence-corrected chi connectivity index (χ4v) is 4.51. The monoisotopic (exact) mass is 563 g/mol. The summed E-state index contributed by atoms with van der Waals surface area (Å²) in [5, 5.41) is 14.2. The van der Waals surface area contributed by atoms with Crippen LogP contribution < -0.4 is 10.6 Å². The Kier molecular flexibility index (Phi) is 7.81. The summed E-state index contributed by atoms with van der Waals surface area (Å²) < 4.78 is 8.51. The Balaban J connectivity index is 1.53. The summed E-state index contributed by atoms with van der Waals surface area (Å²) in [6, 6.07) is 1.62. The van der Waals surface area contributed by atoms with Crippen molar-refractivity contribution in [1.82, 2.24) is 24.4 Å². The highest BCUT2D eigenvalue weighted by Crippen LogP contribution is 2.32. The number of anilines is 2. The molecule has 0 saturated heterocycles. The van der Waals surface area contributed by atoms with Gasteiger partial charge in [0.05, 0.1) is 51.6 Å². The third-order valence-corrected chi connectivity index (χ3v) is 6.99. The second-order valence-electron chi connectivity index (χ2n) is 8.68. The van der Waals surface area contributed by atoms with Crippen molar-refractivity contribution in [3.8, 4) is 10.4 Å². The fourth-order valence-electron chi connectivity index (χ4n) is 3.33. The Morgan fingerprint density at radius 3 is 2.59 bits per heavy atom. The van der Waals surface area contributed by atoms with Gasteiger partial charge in [-0.15, -0.1) is 34.5 Å². The van der Waals surface area contributed by atoms with Crippen molar-refractivity contribution in [3.63, 3.8) is 0 Å². The lowest BCUT2D eigenvalue weighted by Gasteiger charge is -2.24. The number of esters is 1. The second-order valence-corrected chi connectivity index (χ2v) is 10.2. The molecule has 37 heavy (non-hydrogen) atoms. The van der Waals surface area contributed by atoms with Gasteiger partial charge in [0.15, 0.2) is 0 Å². The molecule has 0 aliphatic carbocycles. The third kappa shape index (κ3) is 5.92. The Labute approximate surface area is 225 Å². The van der Waals surface area contributed by atoms with Crippen LogP contribution in [0.5, 0.6) is 0 Å². The SMILES string of the molecule is Cc1ncc(NC(=O)CCl)cc1NC(=O)c1cnn2cc(-c3cnn(C(C)(C)COC(=O)CCl)c3)sc12. The minimum Gasteiger partial charge on any atom is -0.462 e. The maximum atomic E-state index is 13.1. The lowest BCUT2D eigenvalue weighted by Crippen LogP contribution is -2.33. The average Bonchev–Trinajstić information content (AvgIpc) is 3.60. The number of carbonyl (C=O) groups is 3. The molecule has 4 aromatic rings. The molecular weight excluding hydrogens is 541 g/mol. The van der Waals surface area contributed by atoms with Gasteiger partial charge in [-0.3, -0.25) is 24.0 Å². The van der Waals surface area contributed by atoms with Crippen LogP contribution in [0.1, 0.15) is 29.9 Å². The van der Waals surface area contributed by atoms with Gasteiger partial charge in [0, 0.05) is 18.0 Å². The standard InChI is InChI=1S/C23H23Cl2N7O4S/c1-13-17(4-15(8-26-13)29-19(33)5-24)30-21(35)16-9-27-31-11-18(37-22(16)31)14-7-28-32(10-14)23(2,3)12-36-20(34)6-25/h4,7-11H,5-6,12H2,1-3H3,(H,29,33)(H,30,35). The summed E-state index contributed by atoms with van der Waals surface area (Å²) in [6.07, 6.45) is 8.34. The van der Waals surface area contributed by atoms with Gasteiger partial charge in [-0.25, -0.2) is 4.52 Å². The van der Waals surface area contributed by atoms with E-state index in [9.17, 15) is 14.4 Å². The van der Waals surface area contributed by atoms with Crippen molar-refractivity contribution in [2.45, 2.75) is 26.3 Å². The summed E-state index contributed by atoms with van der Waals surface area (Å²) in [7, 11) is 0. The number of alkyl halides is 2. The van der Waals surface area contributed by atoms with E-state index in [0.717, 1.165) is 10.4 Å². The first-order chi connectivity index (χ1) is 17.6. The number of fused-ring (bicyclic) bond motifs is 1. The number of ether oxygens (including phenoxy) is 1. The Morgan fingerprint density at radius 1 is 1.08 bits per heavy atom. The van der Waals surface area contributed by atoms with E-state index in [2.05, 4.69) is 25.8 Å². The van der Waals surface area contributed by atoms with Crippen molar-refractivity contribution in [2.24, 2.45) is 0 Å². The number of thiazole rings is 1. The highest BCUT2D eigenvalue weighted by molar-refractivity contribution is 7.21. The first-order valence-electron chi connectivity index (χ1n) is 11.0. The molecule has 4 aromatic heterocycles. The number of nitrogens with one attached hydrogen (secondary N) is 2. The van der Waals surface area contributed by atoms with Gasteiger partial charge in [-0.1, -0.05) is 0 Å². The van der Waals surface area contributed by atoms with Gasteiger partial charge >= 0.3 is 5.97 Å². The van der Waals surface area contributed by atoms with Crippen LogP contribution >= 0.6 is 34.5 Å². The lowest BCUT2D eigenvalue weighted by molar-refractivity contribution is -0.143. The quantitative estimate of drug-likeness (QED) is 0.233. The van der Waals surface area contributed by atoms with E-state index < -0.39 is 11.5 Å². The molecule has 0 bridgehead atoms. The van der Waals surface area contributed by atoms with Crippen molar-refractivity contribution >= 4 is 68.5 Å². The first kappa shape index (κ1) is 26.6. The average molecular weight is 564 g/mol. The van der Waals surface area contributed by atoms with Gasteiger partial charge in [0.2, 0.25) is 5.91 Å². The Morgan fingerprint density at radius 2 is 1.86 bits per heavy atom. The number of amides is 2. The Bertz CT molecular complexity index is 1480. The van der Waals surface area contributed by atoms with Crippen LogP contribution in [-0.4, -0.2) is 60.5 Å². The molecule has 0 spiro atoms. The van der Waals surface area contributed by atoms with Gasteiger partial charge < -0.3 is 15.4 Å². The topological polar surface area (TPSA) is 133 Å². The second kappa shape index (κ2) is 10.9. The minimum atomic E-state index is -0.591. The number of aromatic nitrogens is 5. The van der Waals surface area contributed by atoms with Gasteiger partial charge in [-0.2, -0.15) is 10.2 Å². The molecular formula is C23H23Cl2N7O4S. The predicted molar refractivity (Wildman–Crippen MR) is 142 cm³/mol. The molecule has 4 heterocycles. The van der Waals surface area contributed by atoms with E-state index in [-0.39, 0.29) is 30.2 Å².